The average Bonchev–Trinajstić information content (AvgIpc) is 2.61. The van der Waals surface area contributed by atoms with Gasteiger partial charge in [-0.15, -0.1) is 0 Å². The molecule has 0 fully saturated rings. The van der Waals surface area contributed by atoms with E-state index < -0.39 is 23.9 Å². The highest BCUT2D eigenvalue weighted by Gasteiger charge is 2.25. The number of amides is 1. The number of carbonyl (C=O) groups excluding carboxylic acids is 1. The van der Waals surface area contributed by atoms with Gasteiger partial charge in [0.25, 0.3) is 0 Å². The SMILES string of the molecule is O=C(Nc1ccc(Cl)cc1)OCCc1cccc(CC(C(=O)O)C(=O)O)c1. The molecule has 0 aliphatic carbocycles. The minimum atomic E-state index is -1.50. The second-order valence-corrected chi connectivity index (χ2v) is 6.21. The minimum absolute atomic E-state index is 0.115. The summed E-state index contributed by atoms with van der Waals surface area (Å²) in [4.78, 5) is 33.7. The minimum Gasteiger partial charge on any atom is -0.481 e. The van der Waals surface area contributed by atoms with E-state index in [0.717, 1.165) is 5.56 Å². The first-order valence-corrected chi connectivity index (χ1v) is 8.45. The Hall–Kier alpha value is -3.06. The highest BCUT2D eigenvalue weighted by molar-refractivity contribution is 6.30. The van der Waals surface area contributed by atoms with E-state index in [9.17, 15) is 14.4 Å². The van der Waals surface area contributed by atoms with Crippen molar-refractivity contribution in [1.29, 1.82) is 0 Å². The molecule has 0 saturated heterocycles. The van der Waals surface area contributed by atoms with E-state index in [-0.39, 0.29) is 13.0 Å². The number of benzene rings is 2. The van der Waals surface area contributed by atoms with Gasteiger partial charge in [0.2, 0.25) is 0 Å². The summed E-state index contributed by atoms with van der Waals surface area (Å²) in [5.74, 6) is -4.26. The van der Waals surface area contributed by atoms with Crippen molar-refractivity contribution in [2.45, 2.75) is 12.8 Å². The van der Waals surface area contributed by atoms with Crippen molar-refractivity contribution in [3.63, 3.8) is 0 Å². The summed E-state index contributed by atoms with van der Waals surface area (Å²) in [6.45, 7) is 0.115. The Morgan fingerprint density at radius 2 is 1.63 bits per heavy atom. The Balaban J connectivity index is 1.85. The third-order valence-electron chi connectivity index (χ3n) is 3.74. The van der Waals surface area contributed by atoms with E-state index in [1.165, 1.54) is 0 Å². The normalized spacial score (nSPS) is 10.4. The van der Waals surface area contributed by atoms with Crippen molar-refractivity contribution in [3.05, 3.63) is 64.7 Å². The fourth-order valence-electron chi connectivity index (χ4n) is 2.38. The zero-order valence-electron chi connectivity index (χ0n) is 14.2. The molecular formula is C19H18ClNO6. The molecule has 0 unspecified atom stereocenters. The van der Waals surface area contributed by atoms with Crippen LogP contribution in [0.2, 0.25) is 5.02 Å². The molecule has 0 aliphatic heterocycles. The molecular weight excluding hydrogens is 374 g/mol. The van der Waals surface area contributed by atoms with Gasteiger partial charge in [-0.3, -0.25) is 14.9 Å². The Morgan fingerprint density at radius 1 is 1.00 bits per heavy atom. The van der Waals surface area contributed by atoms with E-state index in [4.69, 9.17) is 26.6 Å². The van der Waals surface area contributed by atoms with E-state index in [1.54, 1.807) is 48.5 Å². The van der Waals surface area contributed by atoms with Crippen molar-refractivity contribution in [2.75, 3.05) is 11.9 Å². The molecule has 8 heteroatoms. The van der Waals surface area contributed by atoms with Gasteiger partial charge in [0.05, 0.1) is 6.61 Å². The second-order valence-electron chi connectivity index (χ2n) is 5.77. The molecule has 142 valence electrons. The number of aliphatic carboxylic acids is 2. The van der Waals surface area contributed by atoms with Crippen molar-refractivity contribution in [2.24, 2.45) is 5.92 Å². The van der Waals surface area contributed by atoms with Crippen LogP contribution in [-0.2, 0) is 27.2 Å². The molecule has 0 aliphatic rings. The predicted octanol–water partition coefficient (Wildman–Crippen LogP) is 3.46. The fourth-order valence-corrected chi connectivity index (χ4v) is 2.50. The van der Waals surface area contributed by atoms with Gasteiger partial charge in [0, 0.05) is 17.1 Å². The quantitative estimate of drug-likeness (QED) is 0.594. The van der Waals surface area contributed by atoms with Crippen LogP contribution in [0, 0.1) is 5.92 Å². The summed E-state index contributed by atoms with van der Waals surface area (Å²) in [5.41, 5.74) is 1.95. The van der Waals surface area contributed by atoms with Gasteiger partial charge in [-0.25, -0.2) is 4.79 Å². The number of ether oxygens (including phenoxy) is 1. The summed E-state index contributed by atoms with van der Waals surface area (Å²) in [5, 5.41) is 21.0. The Kier molecular flexibility index (Phi) is 7.19. The molecule has 7 nitrogen and oxygen atoms in total. The maximum absolute atomic E-state index is 11.8. The van der Waals surface area contributed by atoms with E-state index in [2.05, 4.69) is 5.32 Å². The summed E-state index contributed by atoms with van der Waals surface area (Å²) in [7, 11) is 0. The number of nitrogens with one attached hydrogen (secondary N) is 1. The maximum Gasteiger partial charge on any atom is 0.411 e. The molecule has 0 spiro atoms. The lowest BCUT2D eigenvalue weighted by atomic mass is 9.97. The average molecular weight is 392 g/mol. The third-order valence-corrected chi connectivity index (χ3v) is 3.99. The largest absolute Gasteiger partial charge is 0.481 e. The molecule has 2 rings (SSSR count). The third kappa shape index (κ3) is 6.63. The zero-order chi connectivity index (χ0) is 19.8. The lowest BCUT2D eigenvalue weighted by Crippen LogP contribution is -2.25. The Bertz CT molecular complexity index is 807. The van der Waals surface area contributed by atoms with Crippen LogP contribution < -0.4 is 5.32 Å². The number of carboxylic acid groups (broad SMARTS) is 2. The first-order chi connectivity index (χ1) is 12.8. The van der Waals surface area contributed by atoms with Crippen LogP contribution in [0.15, 0.2) is 48.5 Å². The monoisotopic (exact) mass is 391 g/mol. The molecule has 0 saturated carbocycles. The van der Waals surface area contributed by atoms with Gasteiger partial charge in [0.15, 0.2) is 5.92 Å². The molecule has 1 amide bonds. The summed E-state index contributed by atoms with van der Waals surface area (Å²) < 4.78 is 5.11. The van der Waals surface area contributed by atoms with Crippen LogP contribution >= 0.6 is 11.6 Å². The number of carboxylic acids is 2. The van der Waals surface area contributed by atoms with Gasteiger partial charge in [-0.05, 0) is 41.8 Å². The van der Waals surface area contributed by atoms with Crippen molar-refractivity contribution in [3.8, 4) is 0 Å². The van der Waals surface area contributed by atoms with Crippen molar-refractivity contribution in [1.82, 2.24) is 0 Å². The summed E-state index contributed by atoms with van der Waals surface area (Å²) in [6, 6.07) is 13.5. The highest BCUT2D eigenvalue weighted by Crippen LogP contribution is 2.14. The smallest absolute Gasteiger partial charge is 0.411 e. The summed E-state index contributed by atoms with van der Waals surface area (Å²) in [6.07, 6.45) is -0.311. The molecule has 0 atom stereocenters. The Morgan fingerprint density at radius 3 is 2.26 bits per heavy atom. The maximum atomic E-state index is 11.8. The highest BCUT2D eigenvalue weighted by atomic mass is 35.5. The first-order valence-electron chi connectivity index (χ1n) is 8.08. The van der Waals surface area contributed by atoms with E-state index in [1.807, 2.05) is 0 Å². The van der Waals surface area contributed by atoms with Crippen LogP contribution in [0.3, 0.4) is 0 Å². The van der Waals surface area contributed by atoms with Crippen LogP contribution in [-0.4, -0.2) is 34.9 Å². The lowest BCUT2D eigenvalue weighted by molar-refractivity contribution is -0.154. The van der Waals surface area contributed by atoms with Crippen LogP contribution in [0.5, 0.6) is 0 Å². The molecule has 0 aromatic heterocycles. The molecule has 0 bridgehead atoms. The number of halogens is 1. The number of hydrogen-bond acceptors (Lipinski definition) is 4. The van der Waals surface area contributed by atoms with Gasteiger partial charge >= 0.3 is 18.0 Å². The molecule has 27 heavy (non-hydrogen) atoms. The number of anilines is 1. The predicted molar refractivity (Wildman–Crippen MR) is 99.0 cm³/mol. The van der Waals surface area contributed by atoms with Crippen molar-refractivity contribution < 1.29 is 29.3 Å². The number of rotatable bonds is 8. The van der Waals surface area contributed by atoms with Gasteiger partial charge in [0.1, 0.15) is 0 Å². The standard InChI is InChI=1S/C19H18ClNO6/c20-14-4-6-15(7-5-14)21-19(26)27-9-8-12-2-1-3-13(10-12)11-16(17(22)23)18(24)25/h1-7,10,16H,8-9,11H2,(H,21,26)(H,22,23)(H,24,25). The van der Waals surface area contributed by atoms with Gasteiger partial charge in [-0.2, -0.15) is 0 Å². The van der Waals surface area contributed by atoms with Crippen LogP contribution in [0.1, 0.15) is 11.1 Å². The van der Waals surface area contributed by atoms with Gasteiger partial charge in [-0.1, -0.05) is 35.9 Å². The fraction of sp³-hybridized carbons (Fsp3) is 0.211. The topological polar surface area (TPSA) is 113 Å². The van der Waals surface area contributed by atoms with Crippen molar-refractivity contribution >= 4 is 35.3 Å². The molecule has 2 aromatic carbocycles. The van der Waals surface area contributed by atoms with E-state index >= 15 is 0 Å². The second kappa shape index (κ2) is 9.59. The van der Waals surface area contributed by atoms with Crippen LogP contribution in [0.4, 0.5) is 10.5 Å². The molecule has 0 heterocycles. The molecule has 0 radical (unpaired) electrons. The van der Waals surface area contributed by atoms with Gasteiger partial charge < -0.3 is 14.9 Å². The lowest BCUT2D eigenvalue weighted by Gasteiger charge is -2.10. The number of hydrogen-bond donors (Lipinski definition) is 3. The Labute approximate surface area is 160 Å². The number of carbonyl (C=O) groups is 3. The van der Waals surface area contributed by atoms with E-state index in [0.29, 0.717) is 22.7 Å². The zero-order valence-corrected chi connectivity index (χ0v) is 15.0. The first kappa shape index (κ1) is 20.3. The van der Waals surface area contributed by atoms with Crippen LogP contribution in [0.25, 0.3) is 0 Å². The summed E-state index contributed by atoms with van der Waals surface area (Å²) >= 11 is 5.77. The molecule has 3 N–H and O–H groups in total. The molecule has 2 aromatic rings.